The number of halogens is 1. The molecular weight excluding hydrogens is 620 g/mol. The molecule has 0 bridgehead atoms. The number of amides is 1. The molecule has 0 saturated heterocycles. The van der Waals surface area contributed by atoms with E-state index in [1.807, 2.05) is 30.3 Å². The number of hydrogen-bond donors (Lipinski definition) is 2. The van der Waals surface area contributed by atoms with Crippen LogP contribution in [-0.4, -0.2) is 44.3 Å². The van der Waals surface area contributed by atoms with Crippen molar-refractivity contribution < 1.29 is 27.9 Å². The van der Waals surface area contributed by atoms with E-state index in [1.54, 1.807) is 36.4 Å². The fraction of sp³-hybridized carbons (Fsp3) is 0.375. The van der Waals surface area contributed by atoms with Gasteiger partial charge in [-0.25, -0.2) is 13.2 Å². The molecule has 4 rings (SSSR count). The number of carboxylic acids is 1. The fourth-order valence-corrected chi connectivity index (χ4v) is 8.02. The quantitative estimate of drug-likeness (QED) is 0.224. The summed E-state index contributed by atoms with van der Waals surface area (Å²) in [7, 11) is -3.69. The number of ether oxygens (including phenoxy) is 1. The highest BCUT2D eigenvalue weighted by atomic mass is 79.9. The zero-order chi connectivity index (χ0) is 30.3. The molecule has 8 nitrogen and oxygen atoms in total. The first-order valence-corrected chi connectivity index (χ1v) is 16.6. The monoisotopic (exact) mass is 656 g/mol. The first kappa shape index (κ1) is 31.6. The largest absolute Gasteiger partial charge is 0.492 e. The lowest BCUT2D eigenvalue weighted by molar-refractivity contribution is -0.142. The molecule has 2 N–H and O–H groups in total. The van der Waals surface area contributed by atoms with E-state index in [-0.39, 0.29) is 23.7 Å². The van der Waals surface area contributed by atoms with E-state index in [0.717, 1.165) is 31.4 Å². The van der Waals surface area contributed by atoms with Gasteiger partial charge in [0.25, 0.3) is 0 Å². The number of carbonyl (C=O) groups excluding carboxylic acids is 1. The molecule has 0 aliphatic carbocycles. The number of carbonyl (C=O) groups is 2. The average molecular weight is 658 g/mol. The van der Waals surface area contributed by atoms with Crippen LogP contribution in [0.5, 0.6) is 5.75 Å². The second-order valence-electron chi connectivity index (χ2n) is 10.7. The Hall–Kier alpha value is -3.37. The van der Waals surface area contributed by atoms with Gasteiger partial charge in [0.05, 0.1) is 33.8 Å². The van der Waals surface area contributed by atoms with Crippen LogP contribution in [0.15, 0.2) is 82.2 Å². The van der Waals surface area contributed by atoms with Crippen molar-refractivity contribution in [3.63, 3.8) is 0 Å². The number of sulfone groups is 1. The first-order chi connectivity index (χ1) is 20.1. The topological polar surface area (TPSA) is 113 Å². The molecule has 3 aromatic carbocycles. The molecule has 0 aromatic heterocycles. The predicted molar refractivity (Wildman–Crippen MR) is 167 cm³/mol. The van der Waals surface area contributed by atoms with Crippen molar-refractivity contribution in [3.8, 4) is 5.75 Å². The molecule has 3 aromatic rings. The number of hydrogen-bond acceptors (Lipinski definition) is 6. The lowest BCUT2D eigenvalue weighted by Gasteiger charge is -2.36. The Labute approximate surface area is 256 Å². The van der Waals surface area contributed by atoms with Crippen molar-refractivity contribution in [1.29, 1.82) is 0 Å². The number of rotatable bonds is 12. The highest BCUT2D eigenvalue weighted by Gasteiger charge is 2.42. The standard InChI is InChI=1S/C32H37BrN2O6S/c1-3-5-17-32(4-2)21-35(24-14-10-7-11-15-24)26-19-25(33)27(20-28(26)42(39,40)22-32)41-18-16-29(36)34-30(31(37)38)23-12-8-6-9-13-23/h6-15,19-20,30H,3-5,16-18,21-22H2,1-2H3,(H,34,36)(H,37,38). The molecule has 1 amide bonds. The van der Waals surface area contributed by atoms with Gasteiger partial charge in [-0.1, -0.05) is 75.2 Å². The molecule has 2 unspecified atom stereocenters. The lowest BCUT2D eigenvalue weighted by atomic mass is 9.81. The molecule has 0 spiro atoms. The summed E-state index contributed by atoms with van der Waals surface area (Å²) < 4.78 is 34.4. The summed E-state index contributed by atoms with van der Waals surface area (Å²) in [6, 6.07) is 20.4. The summed E-state index contributed by atoms with van der Waals surface area (Å²) in [5.41, 5.74) is 1.53. The van der Waals surface area contributed by atoms with Gasteiger partial charge in [-0.05, 0) is 52.5 Å². The zero-order valence-electron chi connectivity index (χ0n) is 23.9. The van der Waals surface area contributed by atoms with Gasteiger partial charge < -0.3 is 20.1 Å². The van der Waals surface area contributed by atoms with Gasteiger partial charge in [-0.2, -0.15) is 0 Å². The zero-order valence-corrected chi connectivity index (χ0v) is 26.3. The number of carboxylic acid groups (broad SMARTS) is 1. The molecule has 42 heavy (non-hydrogen) atoms. The Morgan fingerprint density at radius 2 is 1.74 bits per heavy atom. The van der Waals surface area contributed by atoms with Gasteiger partial charge in [-0.15, -0.1) is 0 Å². The Bertz CT molecular complexity index is 1500. The van der Waals surface area contributed by atoms with Crippen LogP contribution < -0.4 is 15.0 Å². The maximum absolute atomic E-state index is 14.0. The van der Waals surface area contributed by atoms with Gasteiger partial charge in [-0.3, -0.25) is 4.79 Å². The van der Waals surface area contributed by atoms with E-state index >= 15 is 0 Å². The van der Waals surface area contributed by atoms with E-state index in [0.29, 0.717) is 28.0 Å². The number of aliphatic carboxylic acids is 1. The molecule has 1 aliphatic rings. The SMILES string of the molecule is CCCCC1(CC)CN(c2ccccc2)c2cc(Br)c(OCCC(=O)NC(C(=O)O)c3ccccc3)cc2S(=O)(=O)C1. The van der Waals surface area contributed by atoms with Gasteiger partial charge in [0.1, 0.15) is 5.75 Å². The summed E-state index contributed by atoms with van der Waals surface area (Å²) in [5, 5.41) is 12.1. The highest BCUT2D eigenvalue weighted by Crippen LogP contribution is 2.46. The van der Waals surface area contributed by atoms with Crippen molar-refractivity contribution in [2.45, 2.75) is 56.9 Å². The molecule has 10 heteroatoms. The minimum atomic E-state index is -3.69. The van der Waals surface area contributed by atoms with Gasteiger partial charge in [0.15, 0.2) is 15.9 Å². The van der Waals surface area contributed by atoms with Gasteiger partial charge in [0, 0.05) is 23.7 Å². The van der Waals surface area contributed by atoms with Crippen LogP contribution in [-0.2, 0) is 19.4 Å². The number of anilines is 2. The Morgan fingerprint density at radius 3 is 2.36 bits per heavy atom. The number of benzene rings is 3. The summed E-state index contributed by atoms with van der Waals surface area (Å²) in [4.78, 5) is 26.6. The van der Waals surface area contributed by atoms with Crippen LogP contribution in [0.2, 0.25) is 0 Å². The molecule has 1 aliphatic heterocycles. The van der Waals surface area contributed by atoms with Crippen LogP contribution in [0.4, 0.5) is 11.4 Å². The fourth-order valence-electron chi connectivity index (χ4n) is 5.39. The smallest absolute Gasteiger partial charge is 0.330 e. The third kappa shape index (κ3) is 7.33. The Balaban J connectivity index is 1.59. The first-order valence-electron chi connectivity index (χ1n) is 14.2. The van der Waals surface area contributed by atoms with Crippen molar-refractivity contribution in [1.82, 2.24) is 5.32 Å². The molecule has 1 heterocycles. The minimum Gasteiger partial charge on any atom is -0.492 e. The van der Waals surface area contributed by atoms with Crippen LogP contribution in [0, 0.1) is 5.41 Å². The second kappa shape index (κ2) is 13.7. The number of nitrogens with zero attached hydrogens (tertiary/aromatic N) is 1. The maximum atomic E-state index is 14.0. The minimum absolute atomic E-state index is 0.0341. The molecule has 0 fully saturated rings. The Kier molecular flexibility index (Phi) is 10.3. The molecule has 0 radical (unpaired) electrons. The average Bonchev–Trinajstić information content (AvgIpc) is 3.07. The van der Waals surface area contributed by atoms with E-state index in [4.69, 9.17) is 4.74 Å². The predicted octanol–water partition coefficient (Wildman–Crippen LogP) is 6.67. The normalized spacial score (nSPS) is 18.4. The van der Waals surface area contributed by atoms with E-state index < -0.39 is 33.2 Å². The number of para-hydroxylation sites is 1. The molecular formula is C32H37BrN2O6S. The highest BCUT2D eigenvalue weighted by molar-refractivity contribution is 9.10. The third-order valence-electron chi connectivity index (χ3n) is 7.78. The molecule has 2 atom stereocenters. The maximum Gasteiger partial charge on any atom is 0.330 e. The van der Waals surface area contributed by atoms with Crippen molar-refractivity contribution >= 4 is 49.0 Å². The summed E-state index contributed by atoms with van der Waals surface area (Å²) in [6.45, 7) is 4.68. The summed E-state index contributed by atoms with van der Waals surface area (Å²) in [6.07, 6.45) is 3.34. The number of unbranched alkanes of at least 4 members (excludes halogenated alkanes) is 1. The van der Waals surface area contributed by atoms with Crippen LogP contribution in [0.25, 0.3) is 0 Å². The van der Waals surface area contributed by atoms with E-state index in [9.17, 15) is 23.1 Å². The van der Waals surface area contributed by atoms with E-state index in [2.05, 4.69) is 40.0 Å². The summed E-state index contributed by atoms with van der Waals surface area (Å²) >= 11 is 3.56. The third-order valence-corrected chi connectivity index (χ3v) is 10.4. The van der Waals surface area contributed by atoms with Crippen LogP contribution >= 0.6 is 15.9 Å². The molecule has 224 valence electrons. The van der Waals surface area contributed by atoms with Crippen LogP contribution in [0.3, 0.4) is 0 Å². The van der Waals surface area contributed by atoms with Crippen LogP contribution in [0.1, 0.15) is 57.6 Å². The molecule has 0 saturated carbocycles. The lowest BCUT2D eigenvalue weighted by Crippen LogP contribution is -2.37. The van der Waals surface area contributed by atoms with Crippen molar-refractivity contribution in [2.75, 3.05) is 23.8 Å². The number of fused-ring (bicyclic) bond motifs is 1. The summed E-state index contributed by atoms with van der Waals surface area (Å²) in [5.74, 6) is -1.33. The van der Waals surface area contributed by atoms with Crippen molar-refractivity contribution in [3.05, 3.63) is 82.8 Å². The Morgan fingerprint density at radius 1 is 1.07 bits per heavy atom. The van der Waals surface area contributed by atoms with E-state index in [1.165, 1.54) is 6.07 Å². The second-order valence-corrected chi connectivity index (χ2v) is 13.5. The van der Waals surface area contributed by atoms with Gasteiger partial charge >= 0.3 is 5.97 Å². The van der Waals surface area contributed by atoms with Gasteiger partial charge in [0.2, 0.25) is 5.91 Å². The van der Waals surface area contributed by atoms with Crippen molar-refractivity contribution in [2.24, 2.45) is 5.41 Å². The number of nitrogens with one attached hydrogen (secondary N) is 1.